The van der Waals surface area contributed by atoms with Crippen molar-refractivity contribution in [2.24, 2.45) is 0 Å². The van der Waals surface area contributed by atoms with Gasteiger partial charge in [0.25, 0.3) is 5.91 Å². The van der Waals surface area contributed by atoms with Gasteiger partial charge in [-0.05, 0) is 35.9 Å². The highest BCUT2D eigenvalue weighted by Crippen LogP contribution is 2.13. The molecule has 29 heavy (non-hydrogen) atoms. The van der Waals surface area contributed by atoms with E-state index >= 15 is 0 Å². The summed E-state index contributed by atoms with van der Waals surface area (Å²) < 4.78 is 1.85. The molecule has 1 aromatic heterocycles. The third-order valence-corrected chi connectivity index (χ3v) is 4.98. The molecule has 3 aromatic rings. The Labute approximate surface area is 169 Å². The van der Waals surface area contributed by atoms with E-state index < -0.39 is 0 Å². The number of urea groups is 1. The molecule has 1 N–H and O–H groups in total. The Morgan fingerprint density at radius 1 is 0.862 bits per heavy atom. The van der Waals surface area contributed by atoms with Crippen LogP contribution in [0.2, 0.25) is 0 Å². The SMILES string of the molecule is O=C(Nc1ccc(Cn2cccn2)cc1)N1CCN(C(=O)c2ccccc2)CC1. The monoisotopic (exact) mass is 389 g/mol. The molecule has 2 heterocycles. The molecule has 1 aliphatic rings. The Balaban J connectivity index is 1.28. The molecule has 1 fully saturated rings. The Morgan fingerprint density at radius 2 is 1.55 bits per heavy atom. The largest absolute Gasteiger partial charge is 0.335 e. The zero-order chi connectivity index (χ0) is 20.1. The topological polar surface area (TPSA) is 70.5 Å². The van der Waals surface area contributed by atoms with Gasteiger partial charge in [0.1, 0.15) is 0 Å². The van der Waals surface area contributed by atoms with Crippen molar-refractivity contribution in [3.63, 3.8) is 0 Å². The van der Waals surface area contributed by atoms with Crippen LogP contribution < -0.4 is 5.32 Å². The summed E-state index contributed by atoms with van der Waals surface area (Å²) in [6.07, 6.45) is 3.67. The van der Waals surface area contributed by atoms with E-state index in [1.807, 2.05) is 71.5 Å². The van der Waals surface area contributed by atoms with Crippen LogP contribution in [0, 0.1) is 0 Å². The van der Waals surface area contributed by atoms with Gasteiger partial charge in [0.2, 0.25) is 0 Å². The summed E-state index contributed by atoms with van der Waals surface area (Å²) in [6, 6.07) is 18.7. The molecule has 0 atom stereocenters. The van der Waals surface area contributed by atoms with Gasteiger partial charge in [-0.3, -0.25) is 9.48 Å². The van der Waals surface area contributed by atoms with E-state index in [4.69, 9.17) is 0 Å². The van der Waals surface area contributed by atoms with Crippen molar-refractivity contribution in [3.05, 3.63) is 84.2 Å². The second kappa shape index (κ2) is 8.60. The Morgan fingerprint density at radius 3 is 2.21 bits per heavy atom. The third kappa shape index (κ3) is 4.63. The minimum atomic E-state index is -0.142. The number of carbonyl (C=O) groups is 2. The van der Waals surface area contributed by atoms with Crippen LogP contribution in [0.5, 0.6) is 0 Å². The molecule has 0 aliphatic carbocycles. The van der Waals surface area contributed by atoms with Crippen molar-refractivity contribution in [2.75, 3.05) is 31.5 Å². The number of nitrogens with zero attached hydrogens (tertiary/aromatic N) is 4. The number of hydrogen-bond donors (Lipinski definition) is 1. The molecule has 0 bridgehead atoms. The van der Waals surface area contributed by atoms with Gasteiger partial charge in [0, 0.05) is 49.8 Å². The number of carbonyl (C=O) groups excluding carboxylic acids is 2. The van der Waals surface area contributed by atoms with Crippen LogP contribution in [-0.2, 0) is 6.54 Å². The molecule has 0 radical (unpaired) electrons. The Bertz CT molecular complexity index is 947. The van der Waals surface area contributed by atoms with Crippen LogP contribution in [0.25, 0.3) is 0 Å². The fourth-order valence-electron chi connectivity index (χ4n) is 3.35. The molecule has 7 nitrogen and oxygen atoms in total. The number of amides is 3. The van der Waals surface area contributed by atoms with E-state index in [0.717, 1.165) is 11.3 Å². The average molecular weight is 389 g/mol. The maximum atomic E-state index is 12.6. The van der Waals surface area contributed by atoms with E-state index in [-0.39, 0.29) is 11.9 Å². The van der Waals surface area contributed by atoms with Crippen LogP contribution in [0.15, 0.2) is 73.1 Å². The van der Waals surface area contributed by atoms with Crippen LogP contribution in [0.3, 0.4) is 0 Å². The van der Waals surface area contributed by atoms with E-state index in [2.05, 4.69) is 10.4 Å². The molecule has 7 heteroatoms. The van der Waals surface area contributed by atoms with Crippen molar-refractivity contribution < 1.29 is 9.59 Å². The molecule has 0 spiro atoms. The quantitative estimate of drug-likeness (QED) is 0.746. The smallest absolute Gasteiger partial charge is 0.321 e. The zero-order valence-electron chi connectivity index (χ0n) is 16.1. The fraction of sp³-hybridized carbons (Fsp3) is 0.227. The lowest BCUT2D eigenvalue weighted by molar-refractivity contribution is 0.0671. The molecular formula is C22H23N5O2. The summed E-state index contributed by atoms with van der Waals surface area (Å²) in [5.74, 6) is 0.0124. The standard InChI is InChI=1S/C22H23N5O2/c28-21(19-5-2-1-3-6-19)25-13-15-26(16-14-25)22(29)24-20-9-7-18(8-10-20)17-27-12-4-11-23-27/h1-12H,13-17H2,(H,24,29). The second-order valence-corrected chi connectivity index (χ2v) is 6.98. The van der Waals surface area contributed by atoms with E-state index in [0.29, 0.717) is 38.3 Å². The lowest BCUT2D eigenvalue weighted by atomic mass is 10.2. The van der Waals surface area contributed by atoms with Crippen LogP contribution >= 0.6 is 0 Å². The van der Waals surface area contributed by atoms with E-state index in [9.17, 15) is 9.59 Å². The second-order valence-electron chi connectivity index (χ2n) is 6.98. The van der Waals surface area contributed by atoms with Crippen molar-refractivity contribution >= 4 is 17.6 Å². The predicted octanol–water partition coefficient (Wildman–Crippen LogP) is 2.92. The molecule has 2 aromatic carbocycles. The van der Waals surface area contributed by atoms with E-state index in [1.54, 1.807) is 16.0 Å². The van der Waals surface area contributed by atoms with Crippen LogP contribution in [-0.4, -0.2) is 57.7 Å². The van der Waals surface area contributed by atoms with Crippen molar-refractivity contribution in [1.82, 2.24) is 19.6 Å². The molecular weight excluding hydrogens is 366 g/mol. The summed E-state index contributed by atoms with van der Waals surface area (Å²) in [4.78, 5) is 28.6. The van der Waals surface area contributed by atoms with Gasteiger partial charge in [-0.25, -0.2) is 4.79 Å². The summed E-state index contributed by atoms with van der Waals surface area (Å²) in [5, 5.41) is 7.13. The first-order valence-corrected chi connectivity index (χ1v) is 9.66. The Hall–Kier alpha value is -3.61. The molecule has 148 valence electrons. The van der Waals surface area contributed by atoms with Crippen molar-refractivity contribution in [1.29, 1.82) is 0 Å². The van der Waals surface area contributed by atoms with Crippen molar-refractivity contribution in [3.8, 4) is 0 Å². The highest BCUT2D eigenvalue weighted by atomic mass is 16.2. The number of anilines is 1. The molecule has 0 saturated carbocycles. The molecule has 1 saturated heterocycles. The van der Waals surface area contributed by atoms with Gasteiger partial charge >= 0.3 is 6.03 Å². The first-order chi connectivity index (χ1) is 14.2. The predicted molar refractivity (Wildman–Crippen MR) is 111 cm³/mol. The van der Waals surface area contributed by atoms with Gasteiger partial charge in [-0.15, -0.1) is 0 Å². The summed E-state index contributed by atoms with van der Waals surface area (Å²) >= 11 is 0. The first kappa shape index (κ1) is 18.7. The molecule has 1 aliphatic heterocycles. The molecule has 0 unspecified atom stereocenters. The number of piperazine rings is 1. The Kier molecular flexibility index (Phi) is 5.56. The number of benzene rings is 2. The first-order valence-electron chi connectivity index (χ1n) is 9.66. The van der Waals surface area contributed by atoms with Gasteiger partial charge in [-0.1, -0.05) is 30.3 Å². The number of nitrogens with one attached hydrogen (secondary N) is 1. The highest BCUT2D eigenvalue weighted by molar-refractivity contribution is 5.94. The zero-order valence-corrected chi connectivity index (χ0v) is 16.1. The van der Waals surface area contributed by atoms with E-state index in [1.165, 1.54) is 0 Å². The fourth-order valence-corrected chi connectivity index (χ4v) is 3.35. The minimum absolute atomic E-state index is 0.0124. The van der Waals surface area contributed by atoms with Gasteiger partial charge in [-0.2, -0.15) is 5.10 Å². The normalized spacial score (nSPS) is 13.9. The number of aromatic nitrogens is 2. The van der Waals surface area contributed by atoms with Gasteiger partial charge in [0.05, 0.1) is 6.54 Å². The number of hydrogen-bond acceptors (Lipinski definition) is 3. The maximum Gasteiger partial charge on any atom is 0.321 e. The number of rotatable bonds is 4. The maximum absolute atomic E-state index is 12.6. The summed E-state index contributed by atoms with van der Waals surface area (Å²) in [6.45, 7) is 2.79. The van der Waals surface area contributed by atoms with Crippen LogP contribution in [0.4, 0.5) is 10.5 Å². The summed E-state index contributed by atoms with van der Waals surface area (Å²) in [5.41, 5.74) is 2.54. The lowest BCUT2D eigenvalue weighted by Crippen LogP contribution is -2.51. The van der Waals surface area contributed by atoms with Gasteiger partial charge < -0.3 is 15.1 Å². The molecule has 4 rings (SSSR count). The third-order valence-electron chi connectivity index (χ3n) is 4.98. The van der Waals surface area contributed by atoms with Crippen molar-refractivity contribution in [2.45, 2.75) is 6.54 Å². The lowest BCUT2D eigenvalue weighted by Gasteiger charge is -2.34. The van der Waals surface area contributed by atoms with Gasteiger partial charge in [0.15, 0.2) is 0 Å². The average Bonchev–Trinajstić information content (AvgIpc) is 3.28. The highest BCUT2D eigenvalue weighted by Gasteiger charge is 2.24. The molecule has 3 amide bonds. The van der Waals surface area contributed by atoms with Crippen LogP contribution in [0.1, 0.15) is 15.9 Å². The minimum Gasteiger partial charge on any atom is -0.335 e. The summed E-state index contributed by atoms with van der Waals surface area (Å²) in [7, 11) is 0.